The van der Waals surface area contributed by atoms with Crippen LogP contribution in [0.4, 0.5) is 0 Å². The maximum atomic E-state index is 14.5. The molecule has 0 radical (unpaired) electrons. The van der Waals surface area contributed by atoms with Gasteiger partial charge in [-0.15, -0.1) is 0 Å². The predicted octanol–water partition coefficient (Wildman–Crippen LogP) is 6.62. The lowest BCUT2D eigenvalue weighted by Crippen LogP contribution is -2.69. The van der Waals surface area contributed by atoms with E-state index in [1.54, 1.807) is 20.8 Å². The van der Waals surface area contributed by atoms with Crippen molar-refractivity contribution in [1.82, 2.24) is 0 Å². The summed E-state index contributed by atoms with van der Waals surface area (Å²) in [4.78, 5) is 40.9. The predicted molar refractivity (Wildman–Crippen MR) is 169 cm³/mol. The molecule has 5 rings (SSSR count). The number of carbonyl (C=O) groups is 3. The Labute approximate surface area is 259 Å². The van der Waals surface area contributed by atoms with Gasteiger partial charge in [0.05, 0.1) is 5.56 Å². The summed E-state index contributed by atoms with van der Waals surface area (Å²) in [5, 5.41) is 46.6. The molecule has 2 aromatic carbocycles. The van der Waals surface area contributed by atoms with Gasteiger partial charge in [0.25, 0.3) is 0 Å². The second-order valence-electron chi connectivity index (χ2n) is 14.4. The van der Waals surface area contributed by atoms with Crippen LogP contribution < -0.4 is 0 Å². The van der Waals surface area contributed by atoms with Crippen LogP contribution in [0.3, 0.4) is 0 Å². The lowest BCUT2D eigenvalue weighted by molar-refractivity contribution is -0.178. The van der Waals surface area contributed by atoms with Gasteiger partial charge in [0, 0.05) is 22.3 Å². The summed E-state index contributed by atoms with van der Waals surface area (Å²) in [5.74, 6) is -4.77. The van der Waals surface area contributed by atoms with Crippen LogP contribution in [0.2, 0.25) is 0 Å². The molecule has 4 N–H and O–H groups in total. The van der Waals surface area contributed by atoms with Gasteiger partial charge >= 0.3 is 0 Å². The number of hydrogen-bond acceptors (Lipinski definition) is 7. The van der Waals surface area contributed by atoms with Crippen molar-refractivity contribution in [1.29, 1.82) is 0 Å². The van der Waals surface area contributed by atoms with Crippen molar-refractivity contribution in [3.8, 4) is 16.9 Å². The summed E-state index contributed by atoms with van der Waals surface area (Å²) in [7, 11) is 0. The van der Waals surface area contributed by atoms with Gasteiger partial charge in [0.1, 0.15) is 22.8 Å². The molecule has 0 bridgehead atoms. The highest BCUT2D eigenvalue weighted by Gasteiger charge is 2.72. The second-order valence-corrected chi connectivity index (χ2v) is 14.4. The number of phenols is 1. The number of benzene rings is 2. The van der Waals surface area contributed by atoms with Crippen molar-refractivity contribution >= 4 is 23.1 Å². The standard InChI is InChI=1S/C37H44O7/c1-9-22-11-10-21(14-18(2)3)15-24(22)23-12-13-26(39)28-25(23)16-35(7)17-36(8)29(19(4)5)31(40)27(20(6)38)33(42)37(36,44)34(43)30(35)32(28)41/h10-13,15,18-19,29,39,41-42,44H,9,14,16-17H2,1-8H3/t29?,35-,36-,37+/m1/s1. The van der Waals surface area contributed by atoms with Gasteiger partial charge in [-0.3, -0.25) is 14.4 Å². The third kappa shape index (κ3) is 4.22. The van der Waals surface area contributed by atoms with Crippen LogP contribution in [0.1, 0.15) is 84.1 Å². The molecule has 44 heavy (non-hydrogen) atoms. The van der Waals surface area contributed by atoms with E-state index < -0.39 is 56.8 Å². The first-order valence-corrected chi connectivity index (χ1v) is 15.6. The van der Waals surface area contributed by atoms with E-state index in [2.05, 4.69) is 39.0 Å². The molecule has 7 heteroatoms. The summed E-state index contributed by atoms with van der Waals surface area (Å²) in [5.41, 5.74) is -0.958. The van der Waals surface area contributed by atoms with Crippen LogP contribution in [0.25, 0.3) is 16.9 Å². The Bertz CT molecular complexity index is 1670. The smallest absolute Gasteiger partial charge is 0.203 e. The number of aliphatic hydroxyl groups excluding tert-OH is 2. The van der Waals surface area contributed by atoms with Crippen molar-refractivity contribution in [3.63, 3.8) is 0 Å². The van der Waals surface area contributed by atoms with Gasteiger partial charge in [-0.1, -0.05) is 72.7 Å². The topological polar surface area (TPSA) is 132 Å². The van der Waals surface area contributed by atoms with Crippen LogP contribution in [0.5, 0.6) is 5.75 Å². The van der Waals surface area contributed by atoms with Crippen LogP contribution in [0, 0.1) is 28.6 Å². The molecular weight excluding hydrogens is 556 g/mol. The maximum Gasteiger partial charge on any atom is 0.203 e. The zero-order valence-electron chi connectivity index (χ0n) is 27.0. The summed E-state index contributed by atoms with van der Waals surface area (Å²) in [6, 6.07) is 9.77. The number of aromatic hydroxyl groups is 1. The first kappa shape index (κ1) is 31.7. The first-order valence-electron chi connectivity index (χ1n) is 15.6. The molecule has 3 aliphatic carbocycles. The Morgan fingerprint density at radius 1 is 1.00 bits per heavy atom. The molecule has 0 amide bonds. The van der Waals surface area contributed by atoms with Gasteiger partial charge in [-0.05, 0) is 78.3 Å². The number of aliphatic hydroxyl groups is 3. The van der Waals surface area contributed by atoms with Crippen molar-refractivity contribution < 1.29 is 34.8 Å². The van der Waals surface area contributed by atoms with Crippen LogP contribution in [0.15, 0.2) is 47.2 Å². The average Bonchev–Trinajstić information content (AvgIpc) is 2.90. The number of allylic oxidation sites excluding steroid dienone is 1. The van der Waals surface area contributed by atoms with Crippen LogP contribution in [-0.4, -0.2) is 43.4 Å². The van der Waals surface area contributed by atoms with Crippen molar-refractivity contribution in [2.45, 2.75) is 86.7 Å². The number of carbonyl (C=O) groups excluding carboxylic acids is 3. The van der Waals surface area contributed by atoms with Gasteiger partial charge in [-0.25, -0.2) is 0 Å². The third-order valence-corrected chi connectivity index (χ3v) is 10.4. The number of hydrogen-bond donors (Lipinski definition) is 4. The molecule has 0 heterocycles. The molecule has 0 aromatic heterocycles. The Balaban J connectivity index is 1.81. The molecule has 4 atom stereocenters. The van der Waals surface area contributed by atoms with E-state index in [0.717, 1.165) is 36.5 Å². The number of ketones is 3. The van der Waals surface area contributed by atoms with Gasteiger partial charge in [0.2, 0.25) is 5.78 Å². The van der Waals surface area contributed by atoms with E-state index in [4.69, 9.17) is 0 Å². The molecule has 1 fully saturated rings. The zero-order chi connectivity index (χ0) is 32.7. The Kier molecular flexibility index (Phi) is 7.52. The molecule has 1 saturated carbocycles. The Hall–Kier alpha value is -3.71. The summed E-state index contributed by atoms with van der Waals surface area (Å²) in [6.07, 6.45) is 1.96. The molecule has 0 spiro atoms. The minimum absolute atomic E-state index is 0.0635. The molecule has 0 aliphatic heterocycles. The number of aryl methyl sites for hydroxylation is 1. The lowest BCUT2D eigenvalue weighted by atomic mass is 9.43. The van der Waals surface area contributed by atoms with E-state index in [0.29, 0.717) is 11.5 Å². The molecule has 1 unspecified atom stereocenters. The molecule has 2 aromatic rings. The van der Waals surface area contributed by atoms with E-state index in [-0.39, 0.29) is 35.6 Å². The van der Waals surface area contributed by atoms with Crippen molar-refractivity contribution in [2.75, 3.05) is 0 Å². The van der Waals surface area contributed by atoms with Crippen LogP contribution in [-0.2, 0) is 33.6 Å². The van der Waals surface area contributed by atoms with Gasteiger partial charge in [0.15, 0.2) is 17.2 Å². The first-order chi connectivity index (χ1) is 20.4. The van der Waals surface area contributed by atoms with Crippen LogP contribution >= 0.6 is 0 Å². The molecule has 3 aliphatic rings. The number of Topliss-reactive ketones (excluding diaryl/α,β-unsaturated/α-hetero) is 3. The van der Waals surface area contributed by atoms with Crippen molar-refractivity contribution in [2.24, 2.45) is 28.6 Å². The van der Waals surface area contributed by atoms with Gasteiger partial charge in [-0.2, -0.15) is 0 Å². The summed E-state index contributed by atoms with van der Waals surface area (Å²) >= 11 is 0. The lowest BCUT2D eigenvalue weighted by Gasteiger charge is -2.59. The molecule has 7 nitrogen and oxygen atoms in total. The number of fused-ring (bicyclic) bond motifs is 3. The SMILES string of the molecule is CCc1ccc(CC(C)C)cc1-c1ccc(O)c2c1C[C@]1(C)C[C@]3(C)C(C(C)C)C(=O)C(C(C)=O)=C(O)[C@]3(O)C(=O)C1=C2O. The Morgan fingerprint density at radius 2 is 1.66 bits per heavy atom. The Morgan fingerprint density at radius 3 is 2.23 bits per heavy atom. The minimum atomic E-state index is -2.62. The van der Waals surface area contributed by atoms with E-state index in [1.165, 1.54) is 11.6 Å². The normalized spacial score (nSPS) is 28.4. The molecule has 234 valence electrons. The fraction of sp³-hybridized carbons (Fsp3) is 0.486. The van der Waals surface area contributed by atoms with E-state index >= 15 is 0 Å². The monoisotopic (exact) mass is 600 g/mol. The zero-order valence-corrected chi connectivity index (χ0v) is 27.0. The largest absolute Gasteiger partial charge is 0.508 e. The quantitative estimate of drug-likeness (QED) is 0.274. The second kappa shape index (κ2) is 10.4. The fourth-order valence-corrected chi connectivity index (χ4v) is 8.75. The minimum Gasteiger partial charge on any atom is -0.508 e. The third-order valence-electron chi connectivity index (χ3n) is 10.4. The van der Waals surface area contributed by atoms with Gasteiger partial charge < -0.3 is 20.4 Å². The highest BCUT2D eigenvalue weighted by atomic mass is 16.3. The summed E-state index contributed by atoms with van der Waals surface area (Å²) in [6.45, 7) is 14.6. The summed E-state index contributed by atoms with van der Waals surface area (Å²) < 4.78 is 0. The maximum absolute atomic E-state index is 14.5. The molecule has 0 saturated heterocycles. The number of phenolic OH excluding ortho intramolecular Hbond substituents is 1. The van der Waals surface area contributed by atoms with E-state index in [9.17, 15) is 34.8 Å². The van der Waals surface area contributed by atoms with Crippen molar-refractivity contribution in [3.05, 3.63) is 69.5 Å². The average molecular weight is 601 g/mol. The highest BCUT2D eigenvalue weighted by molar-refractivity contribution is 6.24. The highest BCUT2D eigenvalue weighted by Crippen LogP contribution is 2.65. The fourth-order valence-electron chi connectivity index (χ4n) is 8.75. The number of rotatable bonds is 6. The van der Waals surface area contributed by atoms with E-state index in [1.807, 2.05) is 13.0 Å². The molecular formula is C37H44O7.